The largest absolute Gasteiger partial charge is 0.490 e. The number of hydrogen-bond acceptors (Lipinski definition) is 7. The Labute approximate surface area is 241 Å². The maximum absolute atomic E-state index is 13.9. The molecule has 0 amide bonds. The van der Waals surface area contributed by atoms with Gasteiger partial charge in [0, 0.05) is 34.9 Å². The lowest BCUT2D eigenvalue weighted by Gasteiger charge is -2.35. The van der Waals surface area contributed by atoms with Crippen molar-refractivity contribution in [2.45, 2.75) is 42.1 Å². The molecule has 7 nitrogen and oxygen atoms in total. The lowest BCUT2D eigenvalue weighted by atomic mass is 9.78. The van der Waals surface area contributed by atoms with E-state index in [-0.39, 0.29) is 11.7 Å². The van der Waals surface area contributed by atoms with Crippen molar-refractivity contribution in [1.29, 1.82) is 0 Å². The number of benzene rings is 3. The summed E-state index contributed by atoms with van der Waals surface area (Å²) in [6, 6.07) is 23.6. The van der Waals surface area contributed by atoms with E-state index in [0.29, 0.717) is 47.3 Å². The Balaban J connectivity index is 1.27. The Morgan fingerprint density at radius 2 is 1.75 bits per heavy atom. The van der Waals surface area contributed by atoms with Crippen molar-refractivity contribution in [3.05, 3.63) is 106 Å². The minimum atomic E-state index is -0.412. The summed E-state index contributed by atoms with van der Waals surface area (Å²) in [6.07, 6.45) is 2.01. The number of fused-ring (bicyclic) bond motifs is 2. The lowest BCUT2D eigenvalue weighted by Crippen LogP contribution is -2.33. The molecule has 0 saturated carbocycles. The van der Waals surface area contributed by atoms with Crippen molar-refractivity contribution >= 4 is 35.1 Å². The van der Waals surface area contributed by atoms with Gasteiger partial charge in [-0.2, -0.15) is 4.98 Å². The molecule has 0 saturated heterocycles. The molecule has 202 valence electrons. The van der Waals surface area contributed by atoms with Gasteiger partial charge in [-0.25, -0.2) is 4.68 Å². The molecule has 9 heteroatoms. The van der Waals surface area contributed by atoms with Crippen LogP contribution in [-0.4, -0.2) is 33.8 Å². The third kappa shape index (κ3) is 4.86. The highest BCUT2D eigenvalue weighted by atomic mass is 35.5. The summed E-state index contributed by atoms with van der Waals surface area (Å²) in [5.74, 6) is 2.99. The molecule has 2 atom stereocenters. The third-order valence-corrected chi connectivity index (χ3v) is 8.70. The molecule has 3 heterocycles. The minimum absolute atomic E-state index is 0.109. The van der Waals surface area contributed by atoms with Crippen molar-refractivity contribution < 1.29 is 14.3 Å². The molecule has 7 rings (SSSR count). The maximum Gasteiger partial charge on any atom is 0.227 e. The van der Waals surface area contributed by atoms with Gasteiger partial charge in [0.15, 0.2) is 17.3 Å². The number of carbonyl (C=O) groups excluding carboxylic acids is 1. The molecule has 3 aromatic carbocycles. The highest BCUT2D eigenvalue weighted by Crippen LogP contribution is 2.46. The molecule has 1 aliphatic carbocycles. The molecule has 0 spiro atoms. The SMILES string of the molecule is O=C1CC(c2ccccc2)CC2=C1C(c1ccc3c(c1)OCCCO3)n1nc(SCc3ccc(Cl)cc3)nc1N2. The molecule has 0 fully saturated rings. The number of aromatic nitrogens is 3. The number of thioether (sulfide) groups is 1. The van der Waals surface area contributed by atoms with Crippen LogP contribution in [0.25, 0.3) is 0 Å². The summed E-state index contributed by atoms with van der Waals surface area (Å²) in [4.78, 5) is 18.7. The van der Waals surface area contributed by atoms with E-state index in [0.717, 1.165) is 41.0 Å². The molecule has 1 N–H and O–H groups in total. The topological polar surface area (TPSA) is 78.3 Å². The van der Waals surface area contributed by atoms with Gasteiger partial charge in [0.25, 0.3) is 0 Å². The van der Waals surface area contributed by atoms with Crippen LogP contribution in [0, 0.1) is 0 Å². The number of rotatable bonds is 5. The number of ketones is 1. The molecular weight excluding hydrogens is 544 g/mol. The highest BCUT2D eigenvalue weighted by molar-refractivity contribution is 7.98. The standard InChI is InChI=1S/C31H27ClN4O3S/c32-23-10-7-19(8-11-23)18-40-31-34-30-33-24-15-22(20-5-2-1-3-6-20)16-25(37)28(24)29(36(30)35-31)21-9-12-26-27(17-21)39-14-4-13-38-26/h1-3,5-12,17,22,29H,4,13-16,18H2,(H,33,34,35). The Hall–Kier alpha value is -3.75. The number of ether oxygens (including phenoxy) is 2. The molecule has 1 aromatic heterocycles. The van der Waals surface area contributed by atoms with Gasteiger partial charge in [0.1, 0.15) is 6.04 Å². The van der Waals surface area contributed by atoms with E-state index >= 15 is 0 Å². The second-order valence-electron chi connectivity index (χ2n) is 10.2. The number of Topliss-reactive ketones (excluding diaryl/α,β-unsaturated/α-hetero) is 1. The number of nitrogens with zero attached hydrogens (tertiary/aromatic N) is 3. The predicted octanol–water partition coefficient (Wildman–Crippen LogP) is 6.80. The first-order valence-electron chi connectivity index (χ1n) is 13.4. The Bertz CT molecular complexity index is 1600. The average Bonchev–Trinajstić information content (AvgIpc) is 3.23. The van der Waals surface area contributed by atoms with Crippen molar-refractivity contribution in [3.8, 4) is 11.5 Å². The fourth-order valence-corrected chi connectivity index (χ4v) is 6.51. The number of halogens is 1. The first-order valence-corrected chi connectivity index (χ1v) is 14.8. The molecule has 2 aliphatic heterocycles. The van der Waals surface area contributed by atoms with E-state index in [4.69, 9.17) is 31.2 Å². The van der Waals surface area contributed by atoms with E-state index in [1.165, 1.54) is 5.56 Å². The van der Waals surface area contributed by atoms with Crippen LogP contribution in [0.1, 0.15) is 47.9 Å². The van der Waals surface area contributed by atoms with Crippen LogP contribution in [0.2, 0.25) is 5.02 Å². The quantitative estimate of drug-likeness (QED) is 0.264. The van der Waals surface area contributed by atoms with Crippen molar-refractivity contribution in [2.75, 3.05) is 18.5 Å². The van der Waals surface area contributed by atoms with E-state index in [9.17, 15) is 4.79 Å². The van der Waals surface area contributed by atoms with Gasteiger partial charge in [0.2, 0.25) is 11.1 Å². The number of carbonyl (C=O) groups is 1. The monoisotopic (exact) mass is 570 g/mol. The van der Waals surface area contributed by atoms with Crippen LogP contribution >= 0.6 is 23.4 Å². The zero-order valence-electron chi connectivity index (χ0n) is 21.7. The zero-order valence-corrected chi connectivity index (χ0v) is 23.3. The molecular formula is C31H27ClN4O3S. The Morgan fingerprint density at radius 3 is 2.58 bits per heavy atom. The Morgan fingerprint density at radius 1 is 0.950 bits per heavy atom. The van der Waals surface area contributed by atoms with E-state index in [1.807, 2.05) is 65.3 Å². The summed E-state index contributed by atoms with van der Waals surface area (Å²) in [6.45, 7) is 1.21. The number of anilines is 1. The smallest absolute Gasteiger partial charge is 0.227 e. The van der Waals surface area contributed by atoms with Crippen LogP contribution in [0.5, 0.6) is 11.5 Å². The summed E-state index contributed by atoms with van der Waals surface area (Å²) < 4.78 is 13.7. The second kappa shape index (κ2) is 10.7. The van der Waals surface area contributed by atoms with Gasteiger partial charge < -0.3 is 14.8 Å². The summed E-state index contributed by atoms with van der Waals surface area (Å²) in [5.41, 5.74) is 4.88. The van der Waals surface area contributed by atoms with Crippen LogP contribution in [0.4, 0.5) is 5.95 Å². The number of allylic oxidation sites excluding steroid dienone is 2. The van der Waals surface area contributed by atoms with E-state index in [1.54, 1.807) is 11.8 Å². The zero-order chi connectivity index (χ0) is 27.1. The molecule has 0 bridgehead atoms. The fraction of sp³-hybridized carbons (Fsp3) is 0.258. The fourth-order valence-electron chi connectivity index (χ4n) is 5.60. The van der Waals surface area contributed by atoms with Gasteiger partial charge in [-0.05, 0) is 53.3 Å². The van der Waals surface area contributed by atoms with Gasteiger partial charge in [0.05, 0.1) is 13.2 Å². The van der Waals surface area contributed by atoms with Crippen LogP contribution in [0.3, 0.4) is 0 Å². The molecule has 2 unspecified atom stereocenters. The number of nitrogens with one attached hydrogen (secondary N) is 1. The predicted molar refractivity (Wildman–Crippen MR) is 155 cm³/mol. The first kappa shape index (κ1) is 25.2. The highest BCUT2D eigenvalue weighted by Gasteiger charge is 2.40. The summed E-state index contributed by atoms with van der Waals surface area (Å²) in [5, 5.41) is 9.74. The first-order chi connectivity index (χ1) is 19.6. The van der Waals surface area contributed by atoms with Gasteiger partial charge in [-0.1, -0.05) is 71.9 Å². The van der Waals surface area contributed by atoms with Crippen LogP contribution in [0.15, 0.2) is 89.2 Å². The van der Waals surface area contributed by atoms with Crippen LogP contribution in [-0.2, 0) is 10.5 Å². The third-order valence-electron chi connectivity index (χ3n) is 7.54. The maximum atomic E-state index is 13.9. The van der Waals surface area contributed by atoms with Gasteiger partial charge >= 0.3 is 0 Å². The van der Waals surface area contributed by atoms with Crippen molar-refractivity contribution in [3.63, 3.8) is 0 Å². The average molecular weight is 571 g/mol. The van der Waals surface area contributed by atoms with Crippen LogP contribution < -0.4 is 14.8 Å². The van der Waals surface area contributed by atoms with Crippen molar-refractivity contribution in [1.82, 2.24) is 14.8 Å². The van der Waals surface area contributed by atoms with E-state index < -0.39 is 6.04 Å². The van der Waals surface area contributed by atoms with Gasteiger partial charge in [-0.3, -0.25) is 4.79 Å². The second-order valence-corrected chi connectivity index (χ2v) is 11.6. The number of hydrogen-bond donors (Lipinski definition) is 1. The molecule has 4 aromatic rings. The molecule has 3 aliphatic rings. The minimum Gasteiger partial charge on any atom is -0.490 e. The van der Waals surface area contributed by atoms with E-state index in [2.05, 4.69) is 17.4 Å². The molecule has 40 heavy (non-hydrogen) atoms. The Kier molecular flexibility index (Phi) is 6.73. The summed E-state index contributed by atoms with van der Waals surface area (Å²) >= 11 is 7.61. The normalized spacial score (nSPS) is 19.9. The lowest BCUT2D eigenvalue weighted by molar-refractivity contribution is -0.116. The summed E-state index contributed by atoms with van der Waals surface area (Å²) in [7, 11) is 0. The van der Waals surface area contributed by atoms with Crippen molar-refractivity contribution in [2.24, 2.45) is 0 Å². The van der Waals surface area contributed by atoms with Gasteiger partial charge in [-0.15, -0.1) is 5.10 Å². The molecule has 0 radical (unpaired) electrons.